The molecule has 1 aliphatic heterocycles. The third kappa shape index (κ3) is 5.64. The molecule has 24 heavy (non-hydrogen) atoms. The minimum atomic E-state index is -0.00142. The van der Waals surface area contributed by atoms with E-state index in [-0.39, 0.29) is 24.0 Å². The fourth-order valence-corrected chi connectivity index (χ4v) is 2.83. The zero-order chi connectivity index (χ0) is 17.5. The smallest absolute Gasteiger partial charge is 0.223 e. The lowest BCUT2D eigenvalue weighted by Crippen LogP contribution is -2.50. The Balaban J connectivity index is 1.73. The predicted octanol–water partition coefficient (Wildman–Crippen LogP) is 2.31. The van der Waals surface area contributed by atoms with E-state index in [2.05, 4.69) is 0 Å². The summed E-state index contributed by atoms with van der Waals surface area (Å²) >= 11 is 5.85. The summed E-state index contributed by atoms with van der Waals surface area (Å²) in [5.41, 5.74) is 1.09. The number of carbonyl (C=O) groups excluding carboxylic acids is 3. The Morgan fingerprint density at radius 1 is 0.875 bits per heavy atom. The van der Waals surface area contributed by atoms with Crippen molar-refractivity contribution in [3.05, 3.63) is 34.9 Å². The molecule has 5 nitrogen and oxygen atoms in total. The van der Waals surface area contributed by atoms with Crippen molar-refractivity contribution in [3.63, 3.8) is 0 Å². The Hall–Kier alpha value is -1.88. The van der Waals surface area contributed by atoms with Crippen LogP contribution in [0.1, 0.15) is 31.7 Å². The molecule has 130 valence electrons. The van der Waals surface area contributed by atoms with E-state index in [1.807, 2.05) is 29.2 Å². The molecule has 0 spiro atoms. The summed E-state index contributed by atoms with van der Waals surface area (Å²) in [5, 5.41) is 0.690. The molecule has 6 heteroatoms. The van der Waals surface area contributed by atoms with E-state index in [1.54, 1.807) is 4.90 Å². The average molecular weight is 351 g/mol. The van der Waals surface area contributed by atoms with Crippen LogP contribution in [0, 0.1) is 0 Å². The molecule has 0 aliphatic carbocycles. The molecule has 1 aromatic carbocycles. The first-order chi connectivity index (χ1) is 11.5. The largest absolute Gasteiger partial charge is 0.339 e. The number of Topliss-reactive ketones (excluding diaryl/α,β-unsaturated/α-hetero) is 1. The molecule has 0 bridgehead atoms. The van der Waals surface area contributed by atoms with E-state index >= 15 is 0 Å². The molecular formula is C18H23ClN2O3. The van der Waals surface area contributed by atoms with Gasteiger partial charge in [-0.3, -0.25) is 9.59 Å². The fourth-order valence-electron chi connectivity index (χ4n) is 2.71. The fraction of sp³-hybridized carbons (Fsp3) is 0.500. The lowest BCUT2D eigenvalue weighted by Gasteiger charge is -2.35. The number of ketones is 1. The van der Waals surface area contributed by atoms with Crippen molar-refractivity contribution in [2.24, 2.45) is 0 Å². The summed E-state index contributed by atoms with van der Waals surface area (Å²) in [6, 6.07) is 7.52. The Morgan fingerprint density at radius 3 is 1.88 bits per heavy atom. The van der Waals surface area contributed by atoms with Crippen LogP contribution in [0.5, 0.6) is 0 Å². The molecular weight excluding hydrogens is 328 g/mol. The molecule has 1 aromatic rings. The number of piperazine rings is 1. The van der Waals surface area contributed by atoms with Crippen molar-refractivity contribution < 1.29 is 14.4 Å². The maximum Gasteiger partial charge on any atom is 0.223 e. The molecule has 2 amide bonds. The van der Waals surface area contributed by atoms with Crippen LogP contribution in [-0.2, 0) is 20.8 Å². The van der Waals surface area contributed by atoms with Gasteiger partial charge >= 0.3 is 0 Å². The molecule has 0 unspecified atom stereocenters. The minimum Gasteiger partial charge on any atom is -0.339 e. The number of hydrogen-bond donors (Lipinski definition) is 0. The van der Waals surface area contributed by atoms with Gasteiger partial charge in [-0.15, -0.1) is 0 Å². The van der Waals surface area contributed by atoms with Crippen molar-refractivity contribution in [2.45, 2.75) is 32.6 Å². The van der Waals surface area contributed by atoms with Crippen LogP contribution in [0.4, 0.5) is 0 Å². The standard InChI is InChI=1S/C18H23ClN2O3/c1-14(22)2-8-17(23)20-10-12-21(13-11-20)18(24)9-5-15-3-6-16(19)7-4-15/h3-4,6-7H,2,5,8-13H2,1H3. The topological polar surface area (TPSA) is 57.7 Å². The second-order valence-corrected chi connectivity index (χ2v) is 6.53. The van der Waals surface area contributed by atoms with Crippen molar-refractivity contribution >= 4 is 29.2 Å². The molecule has 0 saturated carbocycles. The van der Waals surface area contributed by atoms with Gasteiger partial charge in [-0.2, -0.15) is 0 Å². The Bertz CT molecular complexity index is 593. The van der Waals surface area contributed by atoms with Gasteiger partial charge in [0.15, 0.2) is 0 Å². The first kappa shape index (κ1) is 18.5. The van der Waals surface area contributed by atoms with Gasteiger partial charge in [0.1, 0.15) is 5.78 Å². The van der Waals surface area contributed by atoms with Crippen molar-refractivity contribution in [1.29, 1.82) is 0 Å². The molecule has 2 rings (SSSR count). The summed E-state index contributed by atoms with van der Waals surface area (Å²) in [6.45, 7) is 3.70. The number of hydrogen-bond acceptors (Lipinski definition) is 3. The number of rotatable bonds is 6. The summed E-state index contributed by atoms with van der Waals surface area (Å²) < 4.78 is 0. The monoisotopic (exact) mass is 350 g/mol. The quantitative estimate of drug-likeness (QED) is 0.791. The van der Waals surface area contributed by atoms with Crippen molar-refractivity contribution in [1.82, 2.24) is 9.80 Å². The van der Waals surface area contributed by atoms with Crippen LogP contribution in [0.2, 0.25) is 5.02 Å². The molecule has 0 N–H and O–H groups in total. The SMILES string of the molecule is CC(=O)CCC(=O)N1CCN(C(=O)CCc2ccc(Cl)cc2)CC1. The number of nitrogens with zero attached hydrogens (tertiary/aromatic N) is 2. The third-order valence-electron chi connectivity index (χ3n) is 4.22. The normalized spacial score (nSPS) is 14.6. The van der Waals surface area contributed by atoms with Gasteiger partial charge in [-0.1, -0.05) is 23.7 Å². The van der Waals surface area contributed by atoms with Gasteiger partial charge < -0.3 is 14.6 Å². The second-order valence-electron chi connectivity index (χ2n) is 6.09. The highest BCUT2D eigenvalue weighted by molar-refractivity contribution is 6.30. The number of carbonyl (C=O) groups is 3. The van der Waals surface area contributed by atoms with E-state index < -0.39 is 0 Å². The number of benzene rings is 1. The number of halogens is 1. The summed E-state index contributed by atoms with van der Waals surface area (Å²) in [5.74, 6) is 0.138. The zero-order valence-electron chi connectivity index (χ0n) is 14.0. The predicted molar refractivity (Wildman–Crippen MR) is 92.8 cm³/mol. The van der Waals surface area contributed by atoms with Crippen molar-refractivity contribution in [3.8, 4) is 0 Å². The third-order valence-corrected chi connectivity index (χ3v) is 4.47. The maximum absolute atomic E-state index is 12.3. The summed E-state index contributed by atoms with van der Waals surface area (Å²) in [4.78, 5) is 38.8. The molecule has 1 heterocycles. The minimum absolute atomic E-state index is 0.00142. The van der Waals surface area contributed by atoms with E-state index in [1.165, 1.54) is 6.92 Å². The van der Waals surface area contributed by atoms with Gasteiger partial charge in [0.2, 0.25) is 11.8 Å². The van der Waals surface area contributed by atoms with Crippen LogP contribution in [0.25, 0.3) is 0 Å². The first-order valence-corrected chi connectivity index (χ1v) is 8.63. The van der Waals surface area contributed by atoms with Gasteiger partial charge in [-0.25, -0.2) is 0 Å². The van der Waals surface area contributed by atoms with Crippen LogP contribution >= 0.6 is 11.6 Å². The lowest BCUT2D eigenvalue weighted by molar-refractivity contribution is -0.140. The van der Waals surface area contributed by atoms with Gasteiger partial charge in [0, 0.05) is 50.5 Å². The maximum atomic E-state index is 12.3. The molecule has 1 aliphatic rings. The summed E-state index contributed by atoms with van der Waals surface area (Å²) in [7, 11) is 0. The summed E-state index contributed by atoms with van der Waals surface area (Å²) in [6.07, 6.45) is 1.70. The molecule has 1 saturated heterocycles. The van der Waals surface area contributed by atoms with Crippen LogP contribution in [-0.4, -0.2) is 53.6 Å². The number of aryl methyl sites for hydroxylation is 1. The van der Waals surface area contributed by atoms with Crippen LogP contribution in [0.3, 0.4) is 0 Å². The highest BCUT2D eigenvalue weighted by Crippen LogP contribution is 2.12. The van der Waals surface area contributed by atoms with Crippen LogP contribution < -0.4 is 0 Å². The second kappa shape index (κ2) is 8.83. The molecule has 1 fully saturated rings. The Morgan fingerprint density at radius 2 is 1.38 bits per heavy atom. The van der Waals surface area contributed by atoms with E-state index in [4.69, 9.17) is 11.6 Å². The molecule has 0 aromatic heterocycles. The Kier molecular flexibility index (Phi) is 6.79. The lowest BCUT2D eigenvalue weighted by atomic mass is 10.1. The average Bonchev–Trinajstić information content (AvgIpc) is 2.59. The van der Waals surface area contributed by atoms with Crippen molar-refractivity contribution in [2.75, 3.05) is 26.2 Å². The van der Waals surface area contributed by atoms with Crippen LogP contribution in [0.15, 0.2) is 24.3 Å². The zero-order valence-corrected chi connectivity index (χ0v) is 14.7. The van der Waals surface area contributed by atoms with Gasteiger partial charge in [0.05, 0.1) is 0 Å². The van der Waals surface area contributed by atoms with Gasteiger partial charge in [0.25, 0.3) is 0 Å². The molecule has 0 atom stereocenters. The highest BCUT2D eigenvalue weighted by atomic mass is 35.5. The van der Waals surface area contributed by atoms with E-state index in [9.17, 15) is 14.4 Å². The first-order valence-electron chi connectivity index (χ1n) is 8.25. The van der Waals surface area contributed by atoms with E-state index in [0.717, 1.165) is 5.56 Å². The highest BCUT2D eigenvalue weighted by Gasteiger charge is 2.23. The molecule has 0 radical (unpaired) electrons. The Labute approximate surface area is 147 Å². The van der Waals surface area contributed by atoms with E-state index in [0.29, 0.717) is 50.5 Å². The van der Waals surface area contributed by atoms with Gasteiger partial charge in [-0.05, 0) is 31.0 Å². The number of amides is 2.